The van der Waals surface area contributed by atoms with E-state index < -0.39 is 0 Å². The van der Waals surface area contributed by atoms with Crippen molar-refractivity contribution >= 4 is 54.5 Å². The monoisotopic (exact) mass is 453 g/mol. The van der Waals surface area contributed by atoms with Crippen LogP contribution in [0.3, 0.4) is 0 Å². The molecule has 124 valence electrons. The predicted octanol–water partition coefficient (Wildman–Crippen LogP) is 2.60. The first-order valence-corrected chi connectivity index (χ1v) is 8.58. The van der Waals surface area contributed by atoms with Gasteiger partial charge in [-0.3, -0.25) is 18.8 Å². The summed E-state index contributed by atoms with van der Waals surface area (Å²) in [6.45, 7) is 1.82. The maximum atomic E-state index is 12.4. The highest BCUT2D eigenvalue weighted by molar-refractivity contribution is 9.11. The van der Waals surface area contributed by atoms with Gasteiger partial charge in [-0.2, -0.15) is 5.10 Å². The van der Waals surface area contributed by atoms with E-state index >= 15 is 0 Å². The molecular formula is C15H13Br2N5O2. The van der Waals surface area contributed by atoms with E-state index in [-0.39, 0.29) is 18.0 Å². The van der Waals surface area contributed by atoms with Crippen molar-refractivity contribution in [2.24, 2.45) is 7.05 Å². The minimum Gasteiger partial charge on any atom is -0.323 e. The van der Waals surface area contributed by atoms with Crippen LogP contribution in [-0.4, -0.2) is 25.2 Å². The largest absolute Gasteiger partial charge is 0.323 e. The van der Waals surface area contributed by atoms with Gasteiger partial charge in [0.2, 0.25) is 5.91 Å². The van der Waals surface area contributed by atoms with Crippen molar-refractivity contribution in [1.29, 1.82) is 0 Å². The van der Waals surface area contributed by atoms with Gasteiger partial charge in [-0.05, 0) is 56.5 Å². The van der Waals surface area contributed by atoms with Gasteiger partial charge in [0, 0.05) is 16.0 Å². The van der Waals surface area contributed by atoms with Crippen LogP contribution in [0.25, 0.3) is 11.0 Å². The van der Waals surface area contributed by atoms with Crippen LogP contribution in [0.1, 0.15) is 5.56 Å². The molecule has 0 bridgehead atoms. The van der Waals surface area contributed by atoms with Gasteiger partial charge in [-0.15, -0.1) is 0 Å². The summed E-state index contributed by atoms with van der Waals surface area (Å²) < 4.78 is 4.30. The zero-order valence-electron chi connectivity index (χ0n) is 12.9. The second kappa shape index (κ2) is 6.48. The van der Waals surface area contributed by atoms with E-state index in [1.165, 1.54) is 21.8 Å². The van der Waals surface area contributed by atoms with Gasteiger partial charge in [0.1, 0.15) is 18.3 Å². The molecule has 1 N–H and O–H groups in total. The van der Waals surface area contributed by atoms with E-state index in [9.17, 15) is 9.59 Å². The van der Waals surface area contributed by atoms with E-state index in [0.29, 0.717) is 16.7 Å². The van der Waals surface area contributed by atoms with Crippen LogP contribution in [0, 0.1) is 6.92 Å². The number of nitrogens with one attached hydrogen (secondary N) is 1. The molecule has 1 aromatic carbocycles. The minimum atomic E-state index is -0.326. The van der Waals surface area contributed by atoms with Gasteiger partial charge >= 0.3 is 0 Å². The first-order chi connectivity index (χ1) is 11.4. The highest BCUT2D eigenvalue weighted by Gasteiger charge is 2.13. The number of nitrogens with zero attached hydrogens (tertiary/aromatic N) is 4. The van der Waals surface area contributed by atoms with Crippen molar-refractivity contribution in [3.05, 3.63) is 49.5 Å². The van der Waals surface area contributed by atoms with E-state index in [0.717, 1.165) is 14.5 Å². The Morgan fingerprint density at radius 2 is 1.96 bits per heavy atom. The Hall–Kier alpha value is -2.00. The van der Waals surface area contributed by atoms with E-state index in [1.807, 2.05) is 19.1 Å². The fourth-order valence-electron chi connectivity index (χ4n) is 2.33. The molecule has 3 aromatic rings. The molecule has 7 nitrogen and oxygen atoms in total. The summed E-state index contributed by atoms with van der Waals surface area (Å²) in [5.41, 5.74) is 1.86. The SMILES string of the molecule is Cc1cc(Br)c(NC(=O)Cn2cnc3c(cnn3C)c2=O)c(Br)c1. The van der Waals surface area contributed by atoms with E-state index in [4.69, 9.17) is 0 Å². The number of amides is 1. The third kappa shape index (κ3) is 3.13. The van der Waals surface area contributed by atoms with Crippen LogP contribution < -0.4 is 10.9 Å². The molecule has 0 radical (unpaired) electrons. The molecule has 24 heavy (non-hydrogen) atoms. The Balaban J connectivity index is 1.86. The number of benzene rings is 1. The van der Waals surface area contributed by atoms with Gasteiger partial charge in [0.05, 0.1) is 11.9 Å². The lowest BCUT2D eigenvalue weighted by Gasteiger charge is -2.11. The van der Waals surface area contributed by atoms with Crippen LogP contribution in [0.15, 0.2) is 38.4 Å². The first kappa shape index (κ1) is 16.8. The Labute approximate surface area is 153 Å². The number of aromatic nitrogens is 4. The van der Waals surface area contributed by atoms with Gasteiger partial charge in [-0.25, -0.2) is 4.98 Å². The number of halogens is 2. The molecular weight excluding hydrogens is 442 g/mol. The van der Waals surface area contributed by atoms with Crippen LogP contribution in [0.2, 0.25) is 0 Å². The number of aryl methyl sites for hydroxylation is 2. The van der Waals surface area contributed by atoms with Gasteiger partial charge in [0.15, 0.2) is 5.65 Å². The molecule has 3 rings (SSSR count). The van der Waals surface area contributed by atoms with Crippen LogP contribution in [0.4, 0.5) is 5.69 Å². The highest BCUT2D eigenvalue weighted by Crippen LogP contribution is 2.32. The van der Waals surface area contributed by atoms with Crippen molar-refractivity contribution in [1.82, 2.24) is 19.3 Å². The zero-order valence-corrected chi connectivity index (χ0v) is 16.0. The van der Waals surface area contributed by atoms with Crippen molar-refractivity contribution < 1.29 is 4.79 Å². The second-order valence-electron chi connectivity index (χ2n) is 5.33. The third-order valence-electron chi connectivity index (χ3n) is 3.48. The molecule has 2 aromatic heterocycles. The van der Waals surface area contributed by atoms with Gasteiger partial charge in [-0.1, -0.05) is 0 Å². The second-order valence-corrected chi connectivity index (χ2v) is 7.04. The summed E-state index contributed by atoms with van der Waals surface area (Å²) in [6.07, 6.45) is 2.80. The van der Waals surface area contributed by atoms with Crippen LogP contribution in [0.5, 0.6) is 0 Å². The molecule has 0 spiro atoms. The zero-order chi connectivity index (χ0) is 17.4. The summed E-state index contributed by atoms with van der Waals surface area (Å²) in [5.74, 6) is -0.326. The average molecular weight is 455 g/mol. The number of anilines is 1. The van der Waals surface area contributed by atoms with E-state index in [1.54, 1.807) is 7.05 Å². The predicted molar refractivity (Wildman–Crippen MR) is 98.0 cm³/mol. The molecule has 0 saturated carbocycles. The van der Waals surface area contributed by atoms with Crippen molar-refractivity contribution in [2.45, 2.75) is 13.5 Å². The number of hydrogen-bond acceptors (Lipinski definition) is 4. The van der Waals surface area contributed by atoms with Gasteiger partial charge in [0.25, 0.3) is 5.56 Å². The third-order valence-corrected chi connectivity index (χ3v) is 4.73. The standard InChI is InChI=1S/C15H13Br2N5O2/c1-8-3-10(16)13(11(17)4-8)20-12(23)6-22-7-18-14-9(15(22)24)5-19-21(14)2/h3-5,7H,6H2,1-2H3,(H,20,23). The van der Waals surface area contributed by atoms with Crippen molar-refractivity contribution in [2.75, 3.05) is 5.32 Å². The van der Waals surface area contributed by atoms with E-state index in [2.05, 4.69) is 47.3 Å². The molecule has 0 aliphatic rings. The fraction of sp³-hybridized carbons (Fsp3) is 0.200. The molecule has 0 saturated heterocycles. The molecule has 0 atom stereocenters. The molecule has 9 heteroatoms. The Kier molecular flexibility index (Phi) is 4.55. The molecule has 1 amide bonds. The number of carbonyl (C=O) groups excluding carboxylic acids is 1. The van der Waals surface area contributed by atoms with Crippen LogP contribution >= 0.6 is 31.9 Å². The summed E-state index contributed by atoms with van der Waals surface area (Å²) in [7, 11) is 1.71. The van der Waals surface area contributed by atoms with Crippen LogP contribution in [-0.2, 0) is 18.4 Å². The summed E-state index contributed by atoms with van der Waals surface area (Å²) in [5, 5.41) is 7.18. The summed E-state index contributed by atoms with van der Waals surface area (Å²) in [6, 6.07) is 3.80. The average Bonchev–Trinajstić information content (AvgIpc) is 2.88. The number of carbonyl (C=O) groups is 1. The van der Waals surface area contributed by atoms with Crippen molar-refractivity contribution in [3.8, 4) is 0 Å². The lowest BCUT2D eigenvalue weighted by molar-refractivity contribution is -0.116. The summed E-state index contributed by atoms with van der Waals surface area (Å²) >= 11 is 6.85. The maximum absolute atomic E-state index is 12.4. The molecule has 2 heterocycles. The van der Waals surface area contributed by atoms with Crippen molar-refractivity contribution in [3.63, 3.8) is 0 Å². The Morgan fingerprint density at radius 3 is 2.62 bits per heavy atom. The number of rotatable bonds is 3. The molecule has 0 aliphatic heterocycles. The Morgan fingerprint density at radius 1 is 1.29 bits per heavy atom. The number of fused-ring (bicyclic) bond motifs is 1. The molecule has 0 fully saturated rings. The lowest BCUT2D eigenvalue weighted by atomic mass is 10.2. The first-order valence-electron chi connectivity index (χ1n) is 6.99. The minimum absolute atomic E-state index is 0.135. The topological polar surface area (TPSA) is 81.8 Å². The number of hydrogen-bond donors (Lipinski definition) is 1. The molecule has 0 unspecified atom stereocenters. The van der Waals surface area contributed by atoms with Gasteiger partial charge < -0.3 is 5.32 Å². The fourth-order valence-corrected chi connectivity index (χ4v) is 3.95. The normalized spacial score (nSPS) is 11.0. The molecule has 0 aliphatic carbocycles. The summed E-state index contributed by atoms with van der Waals surface area (Å²) in [4.78, 5) is 28.9. The highest BCUT2D eigenvalue weighted by atomic mass is 79.9. The maximum Gasteiger partial charge on any atom is 0.264 e. The lowest BCUT2D eigenvalue weighted by Crippen LogP contribution is -2.28. The quantitative estimate of drug-likeness (QED) is 0.659. The Bertz CT molecular complexity index is 986. The smallest absolute Gasteiger partial charge is 0.264 e.